The first-order chi connectivity index (χ1) is 71.8. The number of hydrogen-bond donors (Lipinski definition) is 1. The highest BCUT2D eigenvalue weighted by Crippen LogP contribution is 2.61. The summed E-state index contributed by atoms with van der Waals surface area (Å²) in [6.07, 6.45) is 32.7. The molecule has 0 spiro atoms. The summed E-state index contributed by atoms with van der Waals surface area (Å²) < 4.78 is 22.7. The van der Waals surface area contributed by atoms with E-state index in [-0.39, 0.29) is 80.4 Å². The van der Waals surface area contributed by atoms with Gasteiger partial charge in [-0.15, -0.1) is 0 Å². The molecule has 0 amide bonds. The zero-order chi connectivity index (χ0) is 102. The zero-order valence-corrected chi connectivity index (χ0v) is 84.6. The molecule has 2 saturated carbocycles. The largest absolute Gasteiger partial charge is 0.511 e. The maximum absolute atomic E-state index is 13.3. The van der Waals surface area contributed by atoms with Crippen molar-refractivity contribution >= 4 is 23.1 Å². The smallest absolute Gasteiger partial charge is 0.191 e. The number of aliphatic hydroxyl groups excluding tert-OH is 1. The Balaban J connectivity index is 0.000000107. The van der Waals surface area contributed by atoms with Crippen LogP contribution >= 0.6 is 0 Å². The van der Waals surface area contributed by atoms with Gasteiger partial charge in [-0.3, -0.25) is 19.2 Å². The predicted octanol–water partition coefficient (Wildman–Crippen LogP) is 23.2. The van der Waals surface area contributed by atoms with Crippen LogP contribution in [0, 0.1) is 80.8 Å². The second kappa shape index (κ2) is 39.0. The van der Waals surface area contributed by atoms with Gasteiger partial charge in [0.15, 0.2) is 11.6 Å². The van der Waals surface area contributed by atoms with Gasteiger partial charge >= 0.3 is 0 Å². The highest BCUT2D eigenvalue weighted by molar-refractivity contribution is 6.12. The maximum atomic E-state index is 13.3. The summed E-state index contributed by atoms with van der Waals surface area (Å²) in [6.45, 7) is 21.5. The van der Waals surface area contributed by atoms with Gasteiger partial charge in [0, 0.05) is 121 Å². The minimum atomic E-state index is -0.616. The van der Waals surface area contributed by atoms with Gasteiger partial charge in [-0.1, -0.05) is 218 Å². The van der Waals surface area contributed by atoms with Crippen LogP contribution in [0.3, 0.4) is 0 Å². The van der Waals surface area contributed by atoms with E-state index in [4.69, 9.17) is 28.9 Å². The lowest BCUT2D eigenvalue weighted by Crippen LogP contribution is -2.51. The third-order valence-electron chi connectivity index (χ3n) is 34.8. The number of aromatic nitrogens is 17. The van der Waals surface area contributed by atoms with Gasteiger partial charge in [0.05, 0.1) is 92.9 Å². The molecule has 6 aromatic carbocycles. The molecule has 2 fully saturated rings. The summed E-state index contributed by atoms with van der Waals surface area (Å²) in [6, 6.07) is 68.4. The number of ketones is 4. The van der Waals surface area contributed by atoms with Gasteiger partial charge < -0.3 is 18.7 Å². The van der Waals surface area contributed by atoms with E-state index in [0.29, 0.717) is 60.0 Å². The molecule has 0 radical (unpaired) electrons. The molecule has 742 valence electrons. The molecule has 0 aliphatic heterocycles. The lowest BCUT2D eigenvalue weighted by Gasteiger charge is -2.47. The fourth-order valence-corrected chi connectivity index (χ4v) is 27.4. The topological polar surface area (TPSA) is 371 Å². The van der Waals surface area contributed by atoms with E-state index in [9.17, 15) is 34.8 Å². The fourth-order valence-electron chi connectivity index (χ4n) is 27.4. The van der Waals surface area contributed by atoms with Gasteiger partial charge in [0.1, 0.15) is 88.8 Å². The number of benzene rings is 6. The van der Waals surface area contributed by atoms with Crippen molar-refractivity contribution in [2.45, 2.75) is 200 Å². The minimum absolute atomic E-state index is 0.0288. The van der Waals surface area contributed by atoms with Gasteiger partial charge in [-0.05, 0) is 214 Å². The van der Waals surface area contributed by atoms with Gasteiger partial charge in [-0.25, -0.2) is 53.9 Å². The van der Waals surface area contributed by atoms with Crippen molar-refractivity contribution in [3.63, 3.8) is 0 Å². The molecule has 1 N–H and O–H groups in total. The summed E-state index contributed by atoms with van der Waals surface area (Å²) in [5, 5.41) is 57.8. The summed E-state index contributed by atoms with van der Waals surface area (Å²) in [5.41, 5.74) is 24.8. The lowest BCUT2D eigenvalue weighted by molar-refractivity contribution is -0.139. The highest BCUT2D eigenvalue weighted by Gasteiger charge is 2.59. The number of aliphatic hydroxyl groups is 1. The molecule has 0 saturated heterocycles. The number of nitriles is 2. The van der Waals surface area contributed by atoms with Crippen LogP contribution in [-0.2, 0) is 69.2 Å². The molecular weight excluding hydrogens is 1850 g/mol. The number of hydrogen-bond acceptors (Lipinski definition) is 24. The summed E-state index contributed by atoms with van der Waals surface area (Å²) in [5.74, 6) is 4.63. The van der Waals surface area contributed by atoms with E-state index < -0.39 is 16.7 Å². The Morgan fingerprint density at radius 3 is 1.19 bits per heavy atom. The van der Waals surface area contributed by atoms with Crippen LogP contribution in [0.5, 0.6) is 0 Å². The minimum Gasteiger partial charge on any atom is -0.511 e. The number of carbonyl (C=O) groups excluding carboxylic acids is 4. The van der Waals surface area contributed by atoms with Gasteiger partial charge in [0.25, 0.3) is 0 Å². The average molecular weight is 1960 g/mol. The first-order valence-corrected chi connectivity index (χ1v) is 51.6. The molecule has 10 heterocycles. The van der Waals surface area contributed by atoms with Gasteiger partial charge in [-0.2, -0.15) is 25.8 Å². The van der Waals surface area contributed by atoms with Crippen LogP contribution in [0.2, 0.25) is 0 Å². The molecule has 26 rings (SSSR count). The monoisotopic (exact) mass is 1960 g/mol. The summed E-state index contributed by atoms with van der Waals surface area (Å²) in [7, 11) is 0. The van der Waals surface area contributed by atoms with E-state index in [1.807, 2.05) is 98.4 Å². The van der Waals surface area contributed by atoms with Crippen molar-refractivity contribution < 1.29 is 37.9 Å². The zero-order valence-electron chi connectivity index (χ0n) is 84.6. The molecular formula is C121H115N19O8. The Morgan fingerprint density at radius 2 is 0.770 bits per heavy atom. The fraction of sp³-hybridized carbons (Fsp3) is 0.339. The summed E-state index contributed by atoms with van der Waals surface area (Å²) in [4.78, 5) is 84.8. The molecule has 0 bridgehead atoms. The second-order valence-corrected chi connectivity index (χ2v) is 43.0. The first-order valence-electron chi connectivity index (χ1n) is 51.6. The molecule has 10 aliphatic carbocycles. The molecule has 27 nitrogen and oxygen atoms in total. The average Bonchev–Trinajstić information content (AvgIpc) is 1.52. The number of nitrogens with zero attached hydrogens (tertiary/aromatic N) is 19. The normalized spacial score (nSPS) is 25.9. The highest BCUT2D eigenvalue weighted by atomic mass is 16.5. The van der Waals surface area contributed by atoms with Crippen molar-refractivity contribution in [2.24, 2.45) is 58.2 Å². The Labute approximate surface area is 858 Å². The van der Waals surface area contributed by atoms with Crippen molar-refractivity contribution in [1.29, 1.82) is 10.5 Å². The van der Waals surface area contributed by atoms with E-state index in [1.165, 1.54) is 57.9 Å². The lowest BCUT2D eigenvalue weighted by atomic mass is 9.54. The quantitative estimate of drug-likeness (QED) is 0.0928. The number of allylic oxidation sites excluding steroid dienone is 4. The molecule has 27 heteroatoms. The van der Waals surface area contributed by atoms with Crippen molar-refractivity contribution in [1.82, 2.24) is 84.7 Å². The van der Waals surface area contributed by atoms with E-state index in [0.717, 1.165) is 190 Å². The molecule has 10 aliphatic rings. The van der Waals surface area contributed by atoms with Gasteiger partial charge in [0.2, 0.25) is 0 Å². The molecule has 16 aromatic rings. The molecule has 10 aromatic heterocycles. The predicted molar refractivity (Wildman–Crippen MR) is 556 cm³/mol. The van der Waals surface area contributed by atoms with Crippen LogP contribution in [0.4, 0.5) is 0 Å². The SMILES string of the molecule is C[C@H]1C(=O)C(C#N)=C[C@@]2(C)c3c(c(-c4ccncn4)nn3-c3ccc(-c4ccccc4)cc3)CC[C@H]12.C[C@H]1C(O)=C(C#N)C[C@@]2(C)c3c(c(-c4ccncn4)nn3-c3ccc(-c4ccccc4)cc3)CC[C@H]12.C[C@H]1c2oncc2C[C@@]2(C)C(=O)C(C(=O)c3ccncn3)CC[C@H]12.C[C@H]1c2oncc2C[C@@]2(C)C(=O)CCC[C@H]12.C[C@H]1c2oncc2C[C@@]2(C)c3c(c(-c4ccncn4)nn3-c3ccc(-c4ccccc4)cc3)CC[C@H]12. The number of carbonyl (C=O) groups is 4. The molecule has 1 unspecified atom stereocenters. The molecule has 16 atom stereocenters. The first kappa shape index (κ1) is 96.6. The maximum Gasteiger partial charge on any atom is 0.191 e. The second-order valence-electron chi connectivity index (χ2n) is 43.0. The van der Waals surface area contributed by atoms with E-state index in [2.05, 4.69) is 247 Å². The van der Waals surface area contributed by atoms with Crippen molar-refractivity contribution in [3.8, 4) is 96.7 Å². The molecule has 148 heavy (non-hydrogen) atoms. The number of rotatable bonds is 11. The summed E-state index contributed by atoms with van der Waals surface area (Å²) >= 11 is 0. The van der Waals surface area contributed by atoms with E-state index in [1.54, 1.807) is 49.7 Å². The Kier molecular flexibility index (Phi) is 25.5. The van der Waals surface area contributed by atoms with Crippen LogP contribution in [0.25, 0.3) is 84.6 Å². The van der Waals surface area contributed by atoms with Crippen LogP contribution in [0.1, 0.15) is 223 Å². The number of fused-ring (bicyclic) bond motifs is 14. The van der Waals surface area contributed by atoms with Crippen LogP contribution < -0.4 is 0 Å². The Hall–Kier alpha value is -16.2. The van der Waals surface area contributed by atoms with Crippen molar-refractivity contribution in [2.75, 3.05) is 0 Å². The Morgan fingerprint density at radius 1 is 0.392 bits per heavy atom. The number of Topliss-reactive ketones (excluding diaryl/α,β-unsaturated/α-hetero) is 4. The van der Waals surface area contributed by atoms with Crippen LogP contribution in [-0.4, -0.2) is 113 Å². The Bertz CT molecular complexity index is 7870. The standard InChI is InChI=1S/2C30H27N5O.C30H25N5O.C18H19N3O3.C13H17NO2/c1-19-25-13-12-24-27(26-14-15-31-18-32-26)34-35(29(24)30(25,2)16-22-17-33-36-28(19)22)23-10-8-21(9-11-23)20-6-4-3-5-7-20;2*1-19-25-13-12-24-27(26-14-15-32-18-33-26)34-35(29(24)30(25,2)16-22(17-31)28(19)36)23-10-8-21(9-11-23)20-6-4-3-5-7-20;1-10-13-4-3-12(15(22)14-5-6-19-9-20-14)17(23)18(13,2)7-11-8-21-24-16(10)11;1-8-10-4-3-5-11(15)13(10,2)6-9-7-14-16-12(8)9/h3-11,14-15,17-19,25H,12-13,16H2,1-2H3;3-11,14-15,18-19,25,36H,12-13,16H2,1-2H3;3-11,14-16,18-19,25H,12-13H2,1-2H3;5-6,8-10,12-13H,3-4,7H2,1-2H3;7-8,10H,3-6H2,1-2H3/t3*19-,25-,30-;10-,12?,13-,18-;8-,10-,13-/m11111/s1. The van der Waals surface area contributed by atoms with Crippen LogP contribution in [0.15, 0.2) is 293 Å². The van der Waals surface area contributed by atoms with Crippen molar-refractivity contribution in [3.05, 3.63) is 353 Å². The third kappa shape index (κ3) is 16.7. The van der Waals surface area contributed by atoms with E-state index >= 15 is 0 Å². The third-order valence-corrected chi connectivity index (χ3v) is 34.8.